The van der Waals surface area contributed by atoms with E-state index >= 15 is 0 Å². The number of ether oxygens (including phenoxy) is 2. The number of piperidine rings is 1. The van der Waals surface area contributed by atoms with Gasteiger partial charge >= 0.3 is 12.1 Å². The Balaban J connectivity index is 1.90. The number of hydrogen-bond acceptors (Lipinski definition) is 6. The number of rotatable bonds is 4. The Labute approximate surface area is 160 Å². The molecular formula is C20H28N2O5. The first-order chi connectivity index (χ1) is 12.5. The SMILES string of the molecule is CC(C)(C)OC(=O)N1CCC(OC(=O)C(C)(C)C(=O)c2ccccn2)CC1. The molecule has 1 aromatic heterocycles. The summed E-state index contributed by atoms with van der Waals surface area (Å²) in [5.74, 6) is -0.951. The van der Waals surface area contributed by atoms with Crippen LogP contribution in [0, 0.1) is 5.41 Å². The Bertz CT molecular complexity index is 686. The van der Waals surface area contributed by atoms with Crippen molar-refractivity contribution in [3.05, 3.63) is 30.1 Å². The predicted octanol–water partition coefficient (Wildman–Crippen LogP) is 3.23. The molecule has 0 unspecified atom stereocenters. The molecule has 0 bridgehead atoms. The van der Waals surface area contributed by atoms with Gasteiger partial charge in [-0.15, -0.1) is 0 Å². The Morgan fingerprint density at radius 3 is 2.22 bits per heavy atom. The monoisotopic (exact) mass is 376 g/mol. The van der Waals surface area contributed by atoms with E-state index in [1.54, 1.807) is 36.9 Å². The zero-order chi connectivity index (χ0) is 20.2. The van der Waals surface area contributed by atoms with Crippen LogP contribution in [0.5, 0.6) is 0 Å². The highest BCUT2D eigenvalue weighted by atomic mass is 16.6. The molecule has 0 radical (unpaired) electrons. The van der Waals surface area contributed by atoms with Crippen molar-refractivity contribution in [2.24, 2.45) is 5.41 Å². The second-order valence-electron chi connectivity index (χ2n) is 8.24. The van der Waals surface area contributed by atoms with E-state index in [1.165, 1.54) is 6.20 Å². The number of carbonyl (C=O) groups is 3. The number of likely N-dealkylation sites (tertiary alicyclic amines) is 1. The summed E-state index contributed by atoms with van der Waals surface area (Å²) in [7, 11) is 0. The highest BCUT2D eigenvalue weighted by Gasteiger charge is 2.40. The fourth-order valence-corrected chi connectivity index (χ4v) is 2.69. The van der Waals surface area contributed by atoms with Gasteiger partial charge in [0.25, 0.3) is 0 Å². The number of esters is 1. The minimum atomic E-state index is -1.32. The van der Waals surface area contributed by atoms with E-state index in [9.17, 15) is 14.4 Å². The topological polar surface area (TPSA) is 85.8 Å². The Kier molecular flexibility index (Phi) is 6.23. The molecule has 7 heteroatoms. The molecule has 0 atom stereocenters. The average Bonchev–Trinajstić information content (AvgIpc) is 2.60. The van der Waals surface area contributed by atoms with Crippen LogP contribution in [0.4, 0.5) is 4.79 Å². The summed E-state index contributed by atoms with van der Waals surface area (Å²) >= 11 is 0. The van der Waals surface area contributed by atoms with E-state index in [-0.39, 0.29) is 23.7 Å². The molecule has 2 rings (SSSR count). The smallest absolute Gasteiger partial charge is 0.410 e. The largest absolute Gasteiger partial charge is 0.461 e. The van der Waals surface area contributed by atoms with Crippen molar-refractivity contribution < 1.29 is 23.9 Å². The Morgan fingerprint density at radius 1 is 1.07 bits per heavy atom. The number of pyridine rings is 1. The van der Waals surface area contributed by atoms with Gasteiger partial charge in [-0.2, -0.15) is 0 Å². The summed E-state index contributed by atoms with van der Waals surface area (Å²) in [6.45, 7) is 9.44. The first kappa shape index (κ1) is 20.9. The summed E-state index contributed by atoms with van der Waals surface area (Å²) in [6.07, 6.45) is 1.85. The number of aromatic nitrogens is 1. The molecule has 1 amide bonds. The molecule has 1 aliphatic heterocycles. The lowest BCUT2D eigenvalue weighted by Crippen LogP contribution is -2.45. The van der Waals surface area contributed by atoms with Crippen LogP contribution in [0.15, 0.2) is 24.4 Å². The maximum atomic E-state index is 12.6. The quantitative estimate of drug-likeness (QED) is 0.456. The second kappa shape index (κ2) is 8.06. The Morgan fingerprint density at radius 2 is 1.70 bits per heavy atom. The van der Waals surface area contributed by atoms with Crippen LogP contribution in [0.3, 0.4) is 0 Å². The predicted molar refractivity (Wildman–Crippen MR) is 99.3 cm³/mol. The van der Waals surface area contributed by atoms with Gasteiger partial charge in [0.05, 0.1) is 0 Å². The number of carbonyl (C=O) groups excluding carboxylic acids is 3. The van der Waals surface area contributed by atoms with Gasteiger partial charge in [0.15, 0.2) is 5.78 Å². The number of ketones is 1. The molecule has 148 valence electrons. The number of Topliss-reactive ketones (excluding diaryl/α,β-unsaturated/α-hetero) is 1. The Hall–Kier alpha value is -2.44. The second-order valence-corrected chi connectivity index (χ2v) is 8.24. The van der Waals surface area contributed by atoms with Crippen LogP contribution in [0.25, 0.3) is 0 Å². The fourth-order valence-electron chi connectivity index (χ4n) is 2.69. The van der Waals surface area contributed by atoms with Gasteiger partial charge in [0.1, 0.15) is 22.8 Å². The van der Waals surface area contributed by atoms with Gasteiger partial charge in [-0.25, -0.2) is 4.79 Å². The molecule has 0 spiro atoms. The molecule has 1 fully saturated rings. The molecule has 0 N–H and O–H groups in total. The number of hydrogen-bond donors (Lipinski definition) is 0. The number of amides is 1. The van der Waals surface area contributed by atoms with Crippen molar-refractivity contribution in [3.8, 4) is 0 Å². The molecule has 1 saturated heterocycles. The minimum Gasteiger partial charge on any atom is -0.461 e. The van der Waals surface area contributed by atoms with E-state index in [4.69, 9.17) is 9.47 Å². The molecule has 7 nitrogen and oxygen atoms in total. The fraction of sp³-hybridized carbons (Fsp3) is 0.600. The maximum absolute atomic E-state index is 12.6. The van der Waals surface area contributed by atoms with Crippen molar-refractivity contribution in [1.29, 1.82) is 0 Å². The normalized spacial score (nSPS) is 16.0. The third-order valence-electron chi connectivity index (χ3n) is 4.34. The van der Waals surface area contributed by atoms with E-state index < -0.39 is 17.0 Å². The van der Waals surface area contributed by atoms with E-state index in [0.717, 1.165) is 0 Å². The van der Waals surface area contributed by atoms with Gasteiger partial charge in [-0.1, -0.05) is 6.07 Å². The van der Waals surface area contributed by atoms with Crippen LogP contribution in [-0.2, 0) is 14.3 Å². The first-order valence-corrected chi connectivity index (χ1v) is 9.15. The van der Waals surface area contributed by atoms with Crippen LogP contribution < -0.4 is 0 Å². The van der Waals surface area contributed by atoms with Gasteiger partial charge < -0.3 is 14.4 Å². The van der Waals surface area contributed by atoms with Crippen LogP contribution in [0.1, 0.15) is 57.9 Å². The van der Waals surface area contributed by atoms with Crippen molar-refractivity contribution in [2.75, 3.05) is 13.1 Å². The summed E-state index contributed by atoms with van der Waals surface area (Å²) in [5.41, 5.74) is -1.63. The third kappa shape index (κ3) is 5.52. The first-order valence-electron chi connectivity index (χ1n) is 9.15. The van der Waals surface area contributed by atoms with Gasteiger partial charge in [-0.3, -0.25) is 14.6 Å². The molecule has 0 aliphatic carbocycles. The van der Waals surface area contributed by atoms with Crippen molar-refractivity contribution in [1.82, 2.24) is 9.88 Å². The average molecular weight is 376 g/mol. The zero-order valence-corrected chi connectivity index (χ0v) is 16.7. The van der Waals surface area contributed by atoms with Crippen molar-refractivity contribution in [3.63, 3.8) is 0 Å². The van der Waals surface area contributed by atoms with Crippen LogP contribution in [-0.4, -0.2) is 52.5 Å². The lowest BCUT2D eigenvalue weighted by atomic mass is 9.86. The third-order valence-corrected chi connectivity index (χ3v) is 4.34. The molecule has 1 aliphatic rings. The molecule has 1 aromatic rings. The summed E-state index contributed by atoms with van der Waals surface area (Å²) in [4.78, 5) is 42.9. The molecular weight excluding hydrogens is 348 g/mol. The van der Waals surface area contributed by atoms with Crippen molar-refractivity contribution >= 4 is 17.8 Å². The van der Waals surface area contributed by atoms with Gasteiger partial charge in [-0.05, 0) is 46.8 Å². The minimum absolute atomic E-state index is 0.235. The highest BCUT2D eigenvalue weighted by molar-refractivity contribution is 6.10. The molecule has 27 heavy (non-hydrogen) atoms. The van der Waals surface area contributed by atoms with E-state index in [0.29, 0.717) is 25.9 Å². The zero-order valence-electron chi connectivity index (χ0n) is 16.7. The van der Waals surface area contributed by atoms with Gasteiger partial charge in [0.2, 0.25) is 0 Å². The lowest BCUT2D eigenvalue weighted by Gasteiger charge is -2.34. The number of nitrogens with zero attached hydrogens (tertiary/aromatic N) is 2. The molecule has 2 heterocycles. The van der Waals surface area contributed by atoms with Crippen LogP contribution in [0.2, 0.25) is 0 Å². The standard InChI is InChI=1S/C20H28N2O5/c1-19(2,3)27-18(25)22-12-9-14(10-13-22)26-17(24)20(4,5)16(23)15-8-6-7-11-21-15/h6-8,11,14H,9-10,12-13H2,1-5H3. The molecule has 0 aromatic carbocycles. The van der Waals surface area contributed by atoms with Crippen molar-refractivity contribution in [2.45, 2.75) is 59.2 Å². The summed E-state index contributed by atoms with van der Waals surface area (Å²) in [6, 6.07) is 4.99. The maximum Gasteiger partial charge on any atom is 0.410 e. The lowest BCUT2D eigenvalue weighted by molar-refractivity contribution is -0.158. The summed E-state index contributed by atoms with van der Waals surface area (Å²) in [5, 5.41) is 0. The highest BCUT2D eigenvalue weighted by Crippen LogP contribution is 2.26. The van der Waals surface area contributed by atoms with Gasteiger partial charge in [0, 0.05) is 32.1 Å². The van der Waals surface area contributed by atoms with E-state index in [2.05, 4.69) is 4.98 Å². The van der Waals surface area contributed by atoms with Crippen LogP contribution >= 0.6 is 0 Å². The summed E-state index contributed by atoms with van der Waals surface area (Å²) < 4.78 is 10.9. The molecule has 0 saturated carbocycles. The van der Waals surface area contributed by atoms with E-state index in [1.807, 2.05) is 20.8 Å².